The summed E-state index contributed by atoms with van der Waals surface area (Å²) in [4.78, 5) is 0. The fourth-order valence-corrected chi connectivity index (χ4v) is 3.54. The number of benzene rings is 4. The van der Waals surface area contributed by atoms with Crippen LogP contribution in [0.1, 0.15) is 0 Å². The highest BCUT2D eigenvalue weighted by Gasteiger charge is 2.24. The van der Waals surface area contributed by atoms with Crippen molar-refractivity contribution in [1.82, 2.24) is 0 Å². The molecule has 0 aromatic heterocycles. The van der Waals surface area contributed by atoms with Crippen LogP contribution in [0, 0.1) is 0 Å². The molecular formula is C20H12O. The van der Waals surface area contributed by atoms with Gasteiger partial charge in [0.15, 0.2) is 0 Å². The molecule has 5 rings (SSSR count). The van der Waals surface area contributed by atoms with Gasteiger partial charge in [0.2, 0.25) is 0 Å². The highest BCUT2D eigenvalue weighted by molar-refractivity contribution is 6.18. The maximum atomic E-state index is 10.4. The molecule has 1 N–H and O–H groups in total. The Kier molecular flexibility index (Phi) is 1.90. The smallest absolute Gasteiger partial charge is 0.124 e. The minimum Gasteiger partial charge on any atom is -0.507 e. The molecule has 1 heteroatoms. The average Bonchev–Trinajstić information content (AvgIpc) is 2.85. The molecule has 0 aliphatic heterocycles. The molecule has 0 saturated carbocycles. The van der Waals surface area contributed by atoms with Crippen molar-refractivity contribution in [1.29, 1.82) is 0 Å². The Morgan fingerprint density at radius 2 is 1.29 bits per heavy atom. The second kappa shape index (κ2) is 3.64. The van der Waals surface area contributed by atoms with E-state index in [9.17, 15) is 5.11 Å². The first kappa shape index (κ1) is 10.9. The third-order valence-corrected chi connectivity index (χ3v) is 4.47. The molecule has 0 unspecified atom stereocenters. The minimum atomic E-state index is 0.365. The number of aromatic hydroxyl groups is 1. The Labute approximate surface area is 122 Å². The van der Waals surface area contributed by atoms with E-state index in [-0.39, 0.29) is 0 Å². The first-order chi connectivity index (χ1) is 10.3. The van der Waals surface area contributed by atoms with Crippen LogP contribution in [0.5, 0.6) is 5.75 Å². The maximum Gasteiger partial charge on any atom is 0.124 e. The third kappa shape index (κ3) is 1.30. The molecule has 21 heavy (non-hydrogen) atoms. The highest BCUT2D eigenvalue weighted by Crippen LogP contribution is 2.51. The van der Waals surface area contributed by atoms with Crippen LogP contribution in [-0.2, 0) is 0 Å². The van der Waals surface area contributed by atoms with Crippen LogP contribution in [-0.4, -0.2) is 5.11 Å². The van der Waals surface area contributed by atoms with E-state index in [1.807, 2.05) is 6.07 Å². The van der Waals surface area contributed by atoms with E-state index in [1.165, 1.54) is 32.7 Å². The highest BCUT2D eigenvalue weighted by atomic mass is 16.3. The molecule has 98 valence electrons. The summed E-state index contributed by atoms with van der Waals surface area (Å²) in [6.45, 7) is 0. The maximum absolute atomic E-state index is 10.4. The Hall–Kier alpha value is -2.80. The lowest BCUT2D eigenvalue weighted by Gasteiger charge is -2.06. The van der Waals surface area contributed by atoms with Crippen molar-refractivity contribution in [2.45, 2.75) is 0 Å². The van der Waals surface area contributed by atoms with Crippen molar-refractivity contribution < 1.29 is 5.11 Å². The molecular weight excluding hydrogens is 256 g/mol. The molecule has 0 heterocycles. The predicted octanol–water partition coefficient (Wildman–Crippen LogP) is 5.35. The Bertz CT molecular complexity index is 1040. The van der Waals surface area contributed by atoms with Gasteiger partial charge in [-0.2, -0.15) is 0 Å². The number of phenolic OH excluding ortho intramolecular Hbond substituents is 1. The summed E-state index contributed by atoms with van der Waals surface area (Å²) in [6, 6.07) is 22.9. The molecule has 0 spiro atoms. The summed E-state index contributed by atoms with van der Waals surface area (Å²) in [7, 11) is 0. The molecule has 0 bridgehead atoms. The van der Waals surface area contributed by atoms with Gasteiger partial charge in [0, 0.05) is 10.9 Å². The van der Waals surface area contributed by atoms with Gasteiger partial charge >= 0.3 is 0 Å². The van der Waals surface area contributed by atoms with Crippen LogP contribution < -0.4 is 0 Å². The van der Waals surface area contributed by atoms with Crippen LogP contribution in [0.4, 0.5) is 0 Å². The Morgan fingerprint density at radius 1 is 0.571 bits per heavy atom. The Balaban J connectivity index is 2.04. The lowest BCUT2D eigenvalue weighted by atomic mass is 9.99. The molecule has 4 aromatic carbocycles. The molecule has 0 radical (unpaired) electrons. The van der Waals surface area contributed by atoms with E-state index in [4.69, 9.17) is 0 Å². The summed E-state index contributed by atoms with van der Waals surface area (Å²) in [5.41, 5.74) is 4.55. The SMILES string of the molecule is Oc1ccc2cccc3c2c1-c1cc2ccccc2cc1-3. The third-order valence-electron chi connectivity index (χ3n) is 4.47. The summed E-state index contributed by atoms with van der Waals surface area (Å²) < 4.78 is 0. The second-order valence-corrected chi connectivity index (χ2v) is 5.61. The molecule has 0 saturated heterocycles. The van der Waals surface area contributed by atoms with E-state index < -0.39 is 0 Å². The van der Waals surface area contributed by atoms with Crippen LogP contribution in [0.2, 0.25) is 0 Å². The molecule has 0 amide bonds. The van der Waals surface area contributed by atoms with E-state index >= 15 is 0 Å². The topological polar surface area (TPSA) is 20.2 Å². The van der Waals surface area contributed by atoms with Gasteiger partial charge in [0.1, 0.15) is 5.75 Å². The quantitative estimate of drug-likeness (QED) is 0.401. The number of rotatable bonds is 0. The van der Waals surface area contributed by atoms with Crippen molar-refractivity contribution in [3.63, 3.8) is 0 Å². The molecule has 1 aliphatic carbocycles. The van der Waals surface area contributed by atoms with E-state index in [2.05, 4.69) is 54.6 Å². The largest absolute Gasteiger partial charge is 0.507 e. The molecule has 0 atom stereocenters. The lowest BCUT2D eigenvalue weighted by molar-refractivity contribution is 0.478. The fraction of sp³-hybridized carbons (Fsp3) is 0. The Morgan fingerprint density at radius 3 is 2.10 bits per heavy atom. The molecule has 4 aromatic rings. The standard InChI is InChI=1S/C20H12O/c21-18-9-8-12-6-3-7-15-16-10-13-4-1-2-5-14(13)11-17(16)20(18)19(12)15/h1-11,21H. The van der Waals surface area contributed by atoms with Crippen LogP contribution >= 0.6 is 0 Å². The summed E-state index contributed by atoms with van der Waals surface area (Å²) in [5.74, 6) is 0.365. The zero-order valence-corrected chi connectivity index (χ0v) is 11.3. The first-order valence-corrected chi connectivity index (χ1v) is 7.11. The van der Waals surface area contributed by atoms with Crippen molar-refractivity contribution in [2.75, 3.05) is 0 Å². The van der Waals surface area contributed by atoms with Gasteiger partial charge in [0.25, 0.3) is 0 Å². The first-order valence-electron chi connectivity index (χ1n) is 7.11. The summed E-state index contributed by atoms with van der Waals surface area (Å²) in [6.07, 6.45) is 0. The minimum absolute atomic E-state index is 0.365. The van der Waals surface area contributed by atoms with Gasteiger partial charge in [-0.1, -0.05) is 48.5 Å². The predicted molar refractivity (Wildman–Crippen MR) is 87.5 cm³/mol. The van der Waals surface area contributed by atoms with Crippen LogP contribution in [0.25, 0.3) is 43.8 Å². The monoisotopic (exact) mass is 268 g/mol. The lowest BCUT2D eigenvalue weighted by Crippen LogP contribution is -1.79. The van der Waals surface area contributed by atoms with Crippen molar-refractivity contribution in [3.05, 3.63) is 66.7 Å². The van der Waals surface area contributed by atoms with Crippen LogP contribution in [0.3, 0.4) is 0 Å². The van der Waals surface area contributed by atoms with E-state index in [0.717, 1.165) is 11.1 Å². The average molecular weight is 268 g/mol. The van der Waals surface area contributed by atoms with Gasteiger partial charge in [0.05, 0.1) is 0 Å². The normalized spacial score (nSPS) is 12.0. The van der Waals surface area contributed by atoms with E-state index in [0.29, 0.717) is 5.75 Å². The van der Waals surface area contributed by atoms with Gasteiger partial charge in [-0.25, -0.2) is 0 Å². The van der Waals surface area contributed by atoms with Gasteiger partial charge in [-0.3, -0.25) is 0 Å². The number of hydrogen-bond donors (Lipinski definition) is 1. The van der Waals surface area contributed by atoms with Gasteiger partial charge < -0.3 is 5.11 Å². The fourth-order valence-electron chi connectivity index (χ4n) is 3.54. The zero-order valence-electron chi connectivity index (χ0n) is 11.3. The van der Waals surface area contributed by atoms with Crippen molar-refractivity contribution in [3.8, 4) is 28.0 Å². The number of fused-ring (bicyclic) bond motifs is 4. The van der Waals surface area contributed by atoms with Crippen LogP contribution in [0.15, 0.2) is 66.7 Å². The number of phenols is 1. The van der Waals surface area contributed by atoms with Crippen molar-refractivity contribution >= 4 is 21.5 Å². The molecule has 1 aliphatic rings. The second-order valence-electron chi connectivity index (χ2n) is 5.61. The number of hydrogen-bond acceptors (Lipinski definition) is 1. The summed E-state index contributed by atoms with van der Waals surface area (Å²) in [5, 5.41) is 15.2. The molecule has 1 nitrogen and oxygen atoms in total. The van der Waals surface area contributed by atoms with E-state index in [1.54, 1.807) is 6.07 Å². The van der Waals surface area contributed by atoms with Gasteiger partial charge in [-0.15, -0.1) is 0 Å². The van der Waals surface area contributed by atoms with Crippen molar-refractivity contribution in [2.24, 2.45) is 0 Å². The summed E-state index contributed by atoms with van der Waals surface area (Å²) >= 11 is 0. The zero-order chi connectivity index (χ0) is 14.0. The van der Waals surface area contributed by atoms with Gasteiger partial charge in [-0.05, 0) is 51.0 Å². The molecule has 0 fully saturated rings.